The van der Waals surface area contributed by atoms with Crippen molar-refractivity contribution in [3.63, 3.8) is 0 Å². The van der Waals surface area contributed by atoms with E-state index in [1.54, 1.807) is 17.7 Å². The summed E-state index contributed by atoms with van der Waals surface area (Å²) in [6.45, 7) is 2.06. The summed E-state index contributed by atoms with van der Waals surface area (Å²) >= 11 is 1.53. The molecule has 0 spiro atoms. The van der Waals surface area contributed by atoms with E-state index in [0.29, 0.717) is 5.56 Å². The number of alkyl halides is 2. The Morgan fingerprint density at radius 1 is 1.32 bits per heavy atom. The maximum absolute atomic E-state index is 12.9. The summed E-state index contributed by atoms with van der Waals surface area (Å²) in [4.78, 5) is 0. The van der Waals surface area contributed by atoms with E-state index in [-0.39, 0.29) is 11.5 Å². The van der Waals surface area contributed by atoms with E-state index in [1.165, 1.54) is 24.0 Å². The lowest BCUT2D eigenvalue weighted by atomic mass is 10.2. The molecule has 1 aromatic rings. The second kappa shape index (κ2) is 6.01. The third-order valence-corrected chi connectivity index (χ3v) is 3.05. The average molecular weight is 286 g/mol. The number of hydrogen-bond donors (Lipinski definition) is 0. The number of ether oxygens (including phenoxy) is 2. The van der Waals surface area contributed by atoms with Crippen molar-refractivity contribution >= 4 is 23.5 Å². The fraction of sp³-hybridized carbons (Fsp3) is 0.333. The van der Waals surface area contributed by atoms with Crippen LogP contribution in [0.15, 0.2) is 28.4 Å². The largest absolute Gasteiger partial charge is 0.586 e. The topological polar surface area (TPSA) is 43.2 Å². The van der Waals surface area contributed by atoms with Crippen LogP contribution in [0.25, 0.3) is 0 Å². The SMILES string of the molecule is CCCSC=NN=Cc1cccc2c1OC(F)(F)O2. The summed E-state index contributed by atoms with van der Waals surface area (Å²) < 4.78 is 34.6. The first-order chi connectivity index (χ1) is 9.12. The van der Waals surface area contributed by atoms with Gasteiger partial charge in [0.1, 0.15) is 0 Å². The highest BCUT2D eigenvalue weighted by Gasteiger charge is 2.44. The Labute approximate surface area is 113 Å². The molecule has 0 radical (unpaired) electrons. The molecule has 7 heteroatoms. The van der Waals surface area contributed by atoms with Crippen LogP contribution in [0.5, 0.6) is 11.5 Å². The van der Waals surface area contributed by atoms with Gasteiger partial charge in [0, 0.05) is 5.56 Å². The van der Waals surface area contributed by atoms with E-state index >= 15 is 0 Å². The zero-order valence-electron chi connectivity index (χ0n) is 10.2. The second-order valence-corrected chi connectivity index (χ2v) is 4.63. The number of hydrogen-bond acceptors (Lipinski definition) is 5. The number of para-hydroxylation sites is 1. The molecule has 0 unspecified atom stereocenters. The number of rotatable bonds is 5. The Hall–Kier alpha value is -1.63. The van der Waals surface area contributed by atoms with Crippen LogP contribution in [-0.4, -0.2) is 23.8 Å². The molecule has 0 N–H and O–H groups in total. The van der Waals surface area contributed by atoms with Crippen LogP contribution < -0.4 is 9.47 Å². The molecule has 2 rings (SSSR count). The summed E-state index contributed by atoms with van der Waals surface area (Å²) in [6, 6.07) is 4.59. The maximum atomic E-state index is 12.9. The molecule has 1 aliphatic rings. The van der Waals surface area contributed by atoms with Gasteiger partial charge in [-0.25, -0.2) is 0 Å². The van der Waals surface area contributed by atoms with E-state index in [2.05, 4.69) is 26.6 Å². The van der Waals surface area contributed by atoms with Gasteiger partial charge in [-0.15, -0.1) is 20.5 Å². The quantitative estimate of drug-likeness (QED) is 0.360. The highest BCUT2D eigenvalue weighted by Crippen LogP contribution is 2.42. The number of thioether (sulfide) groups is 1. The van der Waals surface area contributed by atoms with E-state index in [9.17, 15) is 8.78 Å². The summed E-state index contributed by atoms with van der Waals surface area (Å²) in [6.07, 6.45) is -1.22. The van der Waals surface area contributed by atoms with Crippen LogP contribution in [0, 0.1) is 0 Å². The summed E-state index contributed by atoms with van der Waals surface area (Å²) in [5.41, 5.74) is 2.00. The first-order valence-electron chi connectivity index (χ1n) is 5.68. The predicted molar refractivity (Wildman–Crippen MR) is 71.5 cm³/mol. The van der Waals surface area contributed by atoms with Crippen LogP contribution >= 0.6 is 11.8 Å². The molecule has 0 aliphatic carbocycles. The maximum Gasteiger partial charge on any atom is 0.586 e. The molecule has 4 nitrogen and oxygen atoms in total. The van der Waals surface area contributed by atoms with Gasteiger partial charge in [0.05, 0.1) is 11.8 Å². The van der Waals surface area contributed by atoms with Crippen molar-refractivity contribution in [3.05, 3.63) is 23.8 Å². The second-order valence-electron chi connectivity index (χ2n) is 3.68. The highest BCUT2D eigenvalue weighted by atomic mass is 32.2. The van der Waals surface area contributed by atoms with Crippen molar-refractivity contribution in [2.24, 2.45) is 10.2 Å². The van der Waals surface area contributed by atoms with Gasteiger partial charge in [-0.3, -0.25) is 0 Å². The molecular formula is C12H12F2N2O2S. The van der Waals surface area contributed by atoms with Crippen LogP contribution in [-0.2, 0) is 0 Å². The van der Waals surface area contributed by atoms with Gasteiger partial charge < -0.3 is 9.47 Å². The van der Waals surface area contributed by atoms with Crippen molar-refractivity contribution in [1.82, 2.24) is 0 Å². The molecule has 1 aromatic carbocycles. The molecule has 1 aliphatic heterocycles. The third-order valence-electron chi connectivity index (χ3n) is 2.17. The fourth-order valence-electron chi connectivity index (χ4n) is 1.42. The van der Waals surface area contributed by atoms with Crippen molar-refractivity contribution in [2.75, 3.05) is 5.75 Å². The lowest BCUT2D eigenvalue weighted by Gasteiger charge is -2.04. The Morgan fingerprint density at radius 3 is 2.95 bits per heavy atom. The van der Waals surface area contributed by atoms with Crippen molar-refractivity contribution in [1.29, 1.82) is 0 Å². The smallest absolute Gasteiger partial charge is 0.395 e. The Morgan fingerprint density at radius 2 is 2.16 bits per heavy atom. The minimum atomic E-state index is -3.62. The van der Waals surface area contributed by atoms with E-state index in [1.807, 2.05) is 0 Å². The Bertz CT molecular complexity index is 507. The van der Waals surface area contributed by atoms with Gasteiger partial charge >= 0.3 is 6.29 Å². The van der Waals surface area contributed by atoms with Gasteiger partial charge in [0.15, 0.2) is 11.5 Å². The first-order valence-corrected chi connectivity index (χ1v) is 6.72. The molecule has 0 fully saturated rings. The molecule has 0 atom stereocenters. The zero-order chi connectivity index (χ0) is 13.7. The average Bonchev–Trinajstić information content (AvgIpc) is 2.68. The van der Waals surface area contributed by atoms with Crippen LogP contribution in [0.2, 0.25) is 0 Å². The minimum absolute atomic E-state index is 0.00159. The molecule has 0 saturated carbocycles. The minimum Gasteiger partial charge on any atom is -0.395 e. The number of halogens is 2. The van der Waals surface area contributed by atoms with Gasteiger partial charge in [0.25, 0.3) is 0 Å². The molecule has 0 bridgehead atoms. The molecule has 1 heterocycles. The van der Waals surface area contributed by atoms with Gasteiger partial charge in [-0.05, 0) is 24.3 Å². The lowest BCUT2D eigenvalue weighted by Crippen LogP contribution is -2.26. The fourth-order valence-corrected chi connectivity index (χ4v) is 1.88. The van der Waals surface area contributed by atoms with E-state index in [0.717, 1.165) is 12.2 Å². The summed E-state index contributed by atoms with van der Waals surface area (Å²) in [5, 5.41) is 7.57. The molecule has 0 aromatic heterocycles. The monoisotopic (exact) mass is 286 g/mol. The molecule has 102 valence electrons. The predicted octanol–water partition coefficient (Wildman–Crippen LogP) is 3.51. The zero-order valence-corrected chi connectivity index (χ0v) is 11.0. The summed E-state index contributed by atoms with van der Waals surface area (Å²) in [5.74, 6) is 0.939. The normalized spacial score (nSPS) is 16.6. The van der Waals surface area contributed by atoms with Crippen molar-refractivity contribution in [3.8, 4) is 11.5 Å². The number of nitrogens with zero attached hydrogens (tertiary/aromatic N) is 2. The Kier molecular flexibility index (Phi) is 4.36. The van der Waals surface area contributed by atoms with Crippen molar-refractivity contribution < 1.29 is 18.3 Å². The van der Waals surface area contributed by atoms with Gasteiger partial charge in [0.2, 0.25) is 0 Å². The summed E-state index contributed by atoms with van der Waals surface area (Å²) in [7, 11) is 0. The van der Waals surface area contributed by atoms with Crippen LogP contribution in [0.4, 0.5) is 8.78 Å². The molecule has 19 heavy (non-hydrogen) atoms. The molecule has 0 amide bonds. The highest BCUT2D eigenvalue weighted by molar-refractivity contribution is 8.12. The Balaban J connectivity index is 2.05. The third kappa shape index (κ3) is 3.66. The van der Waals surface area contributed by atoms with Gasteiger partial charge in [-0.2, -0.15) is 10.2 Å². The molecule has 0 saturated heterocycles. The van der Waals surface area contributed by atoms with Gasteiger partial charge in [-0.1, -0.05) is 13.0 Å². The number of fused-ring (bicyclic) bond motifs is 1. The van der Waals surface area contributed by atoms with Crippen molar-refractivity contribution in [2.45, 2.75) is 19.6 Å². The van der Waals surface area contributed by atoms with Crippen LogP contribution in [0.3, 0.4) is 0 Å². The van der Waals surface area contributed by atoms with Crippen LogP contribution in [0.1, 0.15) is 18.9 Å². The van der Waals surface area contributed by atoms with E-state index < -0.39 is 6.29 Å². The first kappa shape index (κ1) is 13.8. The number of benzene rings is 1. The lowest BCUT2D eigenvalue weighted by molar-refractivity contribution is -0.286. The standard InChI is InChI=1S/C12H12F2N2O2S/c1-2-6-19-8-16-15-7-9-4-3-5-10-11(9)18-12(13,14)17-10/h3-5,7-8H,2,6H2,1H3. The van der Waals surface area contributed by atoms with E-state index in [4.69, 9.17) is 0 Å². The molecular weight excluding hydrogens is 274 g/mol.